The number of phenols is 2. The number of nitrogens with one attached hydrogen (secondary N) is 1. The highest BCUT2D eigenvalue weighted by Gasteiger charge is 2.13. The summed E-state index contributed by atoms with van der Waals surface area (Å²) >= 11 is 9.95. The molecule has 0 aromatic heterocycles. The number of halogens is 2. The maximum absolute atomic E-state index is 12.3. The number of carbonyl (C=O) groups is 1. The van der Waals surface area contributed by atoms with Crippen LogP contribution < -0.4 is 10.1 Å². The Bertz CT molecular complexity index is 1280. The van der Waals surface area contributed by atoms with E-state index < -0.39 is 5.91 Å². The summed E-state index contributed by atoms with van der Waals surface area (Å²) in [6.45, 7) is 0. The summed E-state index contributed by atoms with van der Waals surface area (Å²) < 4.78 is 6.79. The lowest BCUT2D eigenvalue weighted by molar-refractivity contribution is 0.102. The molecule has 4 aromatic rings. The molecule has 3 N–H and O–H groups in total. The second kappa shape index (κ2) is 8.26. The summed E-state index contributed by atoms with van der Waals surface area (Å²) in [5, 5.41) is 24.0. The highest BCUT2D eigenvalue weighted by molar-refractivity contribution is 9.10. The molecule has 1 amide bonds. The van der Waals surface area contributed by atoms with Gasteiger partial charge in [0, 0.05) is 11.3 Å². The van der Waals surface area contributed by atoms with E-state index in [-0.39, 0.29) is 17.1 Å². The van der Waals surface area contributed by atoms with Crippen molar-refractivity contribution in [2.45, 2.75) is 0 Å². The average molecular weight is 485 g/mol. The number of aromatic hydroxyl groups is 2. The Morgan fingerprint density at radius 3 is 2.43 bits per heavy atom. The molecule has 0 saturated carbocycles. The van der Waals surface area contributed by atoms with Crippen LogP contribution in [0, 0.1) is 0 Å². The minimum Gasteiger partial charge on any atom is -0.504 e. The average Bonchev–Trinajstić information content (AvgIpc) is 2.74. The maximum atomic E-state index is 12.3. The molecule has 5 nitrogen and oxygen atoms in total. The van der Waals surface area contributed by atoms with Crippen molar-refractivity contribution >= 4 is 49.9 Å². The van der Waals surface area contributed by atoms with Crippen molar-refractivity contribution in [3.63, 3.8) is 0 Å². The molecule has 4 aromatic carbocycles. The minimum atomic E-state index is -0.452. The molecule has 150 valence electrons. The van der Waals surface area contributed by atoms with Gasteiger partial charge in [-0.25, -0.2) is 0 Å². The third-order valence-corrected chi connectivity index (χ3v) is 5.59. The van der Waals surface area contributed by atoms with E-state index in [2.05, 4.69) is 21.2 Å². The number of hydrogen-bond acceptors (Lipinski definition) is 4. The molecule has 0 aliphatic heterocycles. The van der Waals surface area contributed by atoms with Gasteiger partial charge in [0.25, 0.3) is 5.91 Å². The first-order valence-electron chi connectivity index (χ1n) is 8.90. The van der Waals surface area contributed by atoms with Gasteiger partial charge in [-0.3, -0.25) is 4.79 Å². The molecule has 0 fully saturated rings. The van der Waals surface area contributed by atoms with Gasteiger partial charge < -0.3 is 20.3 Å². The van der Waals surface area contributed by atoms with Crippen molar-refractivity contribution in [1.29, 1.82) is 0 Å². The van der Waals surface area contributed by atoms with Crippen LogP contribution in [0.2, 0.25) is 5.02 Å². The molecule has 4 rings (SSSR count). The van der Waals surface area contributed by atoms with Crippen LogP contribution in [0.25, 0.3) is 10.8 Å². The zero-order valence-corrected chi connectivity index (χ0v) is 17.7. The van der Waals surface area contributed by atoms with Crippen LogP contribution >= 0.6 is 27.5 Å². The summed E-state index contributed by atoms with van der Waals surface area (Å²) in [5.41, 5.74) is 0.657. The second-order valence-electron chi connectivity index (χ2n) is 6.50. The predicted molar refractivity (Wildman–Crippen MR) is 121 cm³/mol. The third-order valence-electron chi connectivity index (χ3n) is 4.48. The van der Waals surface area contributed by atoms with Crippen LogP contribution in [0.3, 0.4) is 0 Å². The quantitative estimate of drug-likeness (QED) is 0.281. The molecule has 0 saturated heterocycles. The number of rotatable bonds is 4. The maximum Gasteiger partial charge on any atom is 0.255 e. The topological polar surface area (TPSA) is 78.8 Å². The normalized spacial score (nSPS) is 10.7. The standard InChI is InChI=1S/C23H15BrClNO4/c24-22-16-4-2-1-3-13(16)6-9-21(22)30-20-10-7-15(12-17(20)25)26-23(29)14-5-8-18(27)19(28)11-14/h1-12,27-28H,(H,26,29). The molecule has 30 heavy (non-hydrogen) atoms. The first-order chi connectivity index (χ1) is 14.4. The Morgan fingerprint density at radius 2 is 1.67 bits per heavy atom. The molecule has 0 atom stereocenters. The number of amides is 1. The van der Waals surface area contributed by atoms with Crippen LogP contribution in [0.1, 0.15) is 10.4 Å². The van der Waals surface area contributed by atoms with Gasteiger partial charge in [-0.05, 0) is 69.2 Å². The zero-order chi connectivity index (χ0) is 21.3. The Kier molecular flexibility index (Phi) is 5.53. The molecule has 0 spiro atoms. The summed E-state index contributed by atoms with van der Waals surface area (Å²) in [6.07, 6.45) is 0. The number of phenolic OH excluding ortho intramolecular Hbond substituents is 2. The van der Waals surface area contributed by atoms with E-state index in [0.717, 1.165) is 15.2 Å². The van der Waals surface area contributed by atoms with Crippen molar-refractivity contribution in [1.82, 2.24) is 0 Å². The monoisotopic (exact) mass is 483 g/mol. The zero-order valence-electron chi connectivity index (χ0n) is 15.4. The van der Waals surface area contributed by atoms with Crippen molar-refractivity contribution in [3.05, 3.63) is 87.9 Å². The Labute approximate surface area is 185 Å². The fourth-order valence-corrected chi connectivity index (χ4v) is 3.73. The van der Waals surface area contributed by atoms with E-state index in [1.54, 1.807) is 18.2 Å². The number of carbonyl (C=O) groups excluding carboxylic acids is 1. The third kappa shape index (κ3) is 4.06. The number of anilines is 1. The molecular weight excluding hydrogens is 470 g/mol. The number of hydrogen-bond donors (Lipinski definition) is 3. The summed E-state index contributed by atoms with van der Waals surface area (Å²) in [6, 6.07) is 20.5. The van der Waals surface area contributed by atoms with E-state index in [1.807, 2.05) is 36.4 Å². The highest BCUT2D eigenvalue weighted by Crippen LogP contribution is 2.38. The smallest absolute Gasteiger partial charge is 0.255 e. The number of fused-ring (bicyclic) bond motifs is 1. The van der Waals surface area contributed by atoms with Gasteiger partial charge in [0.2, 0.25) is 0 Å². The lowest BCUT2D eigenvalue weighted by atomic mass is 10.1. The SMILES string of the molecule is O=C(Nc1ccc(Oc2ccc3ccccc3c2Br)c(Cl)c1)c1ccc(O)c(O)c1. The van der Waals surface area contributed by atoms with Crippen molar-refractivity contribution in [2.75, 3.05) is 5.32 Å². The van der Waals surface area contributed by atoms with Crippen LogP contribution in [-0.2, 0) is 0 Å². The van der Waals surface area contributed by atoms with Gasteiger partial charge in [-0.2, -0.15) is 0 Å². The van der Waals surface area contributed by atoms with Gasteiger partial charge >= 0.3 is 0 Å². The Morgan fingerprint density at radius 1 is 0.900 bits per heavy atom. The van der Waals surface area contributed by atoms with E-state index >= 15 is 0 Å². The van der Waals surface area contributed by atoms with E-state index in [9.17, 15) is 15.0 Å². The number of benzene rings is 4. The molecule has 0 aliphatic rings. The van der Waals surface area contributed by atoms with Gasteiger partial charge in [-0.15, -0.1) is 0 Å². The fraction of sp³-hybridized carbons (Fsp3) is 0. The molecular formula is C23H15BrClNO4. The van der Waals surface area contributed by atoms with Crippen molar-refractivity contribution < 1.29 is 19.7 Å². The van der Waals surface area contributed by atoms with Crippen molar-refractivity contribution in [2.24, 2.45) is 0 Å². The fourth-order valence-electron chi connectivity index (χ4n) is 2.94. The molecule has 0 heterocycles. The predicted octanol–water partition coefficient (Wildman–Crippen LogP) is 6.71. The minimum absolute atomic E-state index is 0.196. The van der Waals surface area contributed by atoms with Crippen LogP contribution in [-0.4, -0.2) is 16.1 Å². The van der Waals surface area contributed by atoms with Crippen LogP contribution in [0.15, 0.2) is 77.3 Å². The van der Waals surface area contributed by atoms with E-state index in [1.165, 1.54) is 18.2 Å². The van der Waals surface area contributed by atoms with Gasteiger partial charge in [0.15, 0.2) is 11.5 Å². The number of ether oxygens (including phenoxy) is 1. The Hall–Kier alpha value is -3.22. The lowest BCUT2D eigenvalue weighted by Crippen LogP contribution is -2.11. The first kappa shape index (κ1) is 20.1. The summed E-state index contributed by atoms with van der Waals surface area (Å²) in [7, 11) is 0. The molecule has 0 aliphatic carbocycles. The lowest BCUT2D eigenvalue weighted by Gasteiger charge is -2.13. The molecule has 7 heteroatoms. The van der Waals surface area contributed by atoms with Gasteiger partial charge in [-0.1, -0.05) is 41.9 Å². The van der Waals surface area contributed by atoms with Gasteiger partial charge in [0.1, 0.15) is 11.5 Å². The largest absolute Gasteiger partial charge is 0.504 e. The van der Waals surface area contributed by atoms with E-state index in [4.69, 9.17) is 16.3 Å². The molecule has 0 bridgehead atoms. The molecule has 0 unspecified atom stereocenters. The van der Waals surface area contributed by atoms with Gasteiger partial charge in [0.05, 0.1) is 9.50 Å². The van der Waals surface area contributed by atoms with E-state index in [0.29, 0.717) is 22.2 Å². The Balaban J connectivity index is 1.54. The second-order valence-corrected chi connectivity index (χ2v) is 7.70. The summed E-state index contributed by atoms with van der Waals surface area (Å²) in [4.78, 5) is 12.3. The summed E-state index contributed by atoms with van der Waals surface area (Å²) in [5.74, 6) is -0.0615. The highest BCUT2D eigenvalue weighted by atomic mass is 79.9. The molecule has 0 radical (unpaired) electrons. The van der Waals surface area contributed by atoms with Crippen molar-refractivity contribution in [3.8, 4) is 23.0 Å². The van der Waals surface area contributed by atoms with Crippen LogP contribution in [0.5, 0.6) is 23.0 Å². The first-order valence-corrected chi connectivity index (χ1v) is 10.1. The van der Waals surface area contributed by atoms with Crippen LogP contribution in [0.4, 0.5) is 5.69 Å².